The SMILES string of the molecule is O=C(O)CN1CCN(CC(=O)O)CCN(C(CCCNC(=O)c2ccccc2Cc2cccc(C(F)(F)F)c2)C(=O)O)CCN(CC(=O)O)CC1. The van der Waals surface area contributed by atoms with Crippen molar-refractivity contribution in [3.63, 3.8) is 0 Å². The maximum atomic E-state index is 13.2. The van der Waals surface area contributed by atoms with E-state index in [1.165, 1.54) is 6.07 Å². The number of aliphatic carboxylic acids is 4. The molecule has 0 spiro atoms. The highest BCUT2D eigenvalue weighted by molar-refractivity contribution is 5.95. The molecule has 0 saturated carbocycles. The molecule has 1 unspecified atom stereocenters. The van der Waals surface area contributed by atoms with Crippen LogP contribution in [0.15, 0.2) is 48.5 Å². The molecule has 1 amide bonds. The molecule has 0 aromatic heterocycles. The number of carboxylic acid groups (broad SMARTS) is 4. The minimum absolute atomic E-state index is 0.0823. The molecule has 1 atom stereocenters. The number of carbonyl (C=O) groups excluding carboxylic acids is 1. The fourth-order valence-corrected chi connectivity index (χ4v) is 5.94. The van der Waals surface area contributed by atoms with Crippen molar-refractivity contribution in [2.24, 2.45) is 0 Å². The number of hydrogen-bond acceptors (Lipinski definition) is 9. The van der Waals surface area contributed by atoms with Gasteiger partial charge in [-0.3, -0.25) is 43.6 Å². The molecule has 3 rings (SSSR count). The molecule has 17 heteroatoms. The molecule has 2 aromatic rings. The Balaban J connectivity index is 1.69. The van der Waals surface area contributed by atoms with Crippen molar-refractivity contribution in [2.75, 3.05) is 78.5 Å². The Morgan fingerprint density at radius 1 is 0.706 bits per heavy atom. The molecule has 0 radical (unpaired) electrons. The number of benzene rings is 2. The Kier molecular flexibility index (Phi) is 15.8. The number of hydrogen-bond donors (Lipinski definition) is 5. The Bertz CT molecular complexity index is 1480. The van der Waals surface area contributed by atoms with Gasteiger partial charge in [-0.25, -0.2) is 0 Å². The Morgan fingerprint density at radius 2 is 1.22 bits per heavy atom. The monoisotopic (exact) mass is 723 g/mol. The molecular weight excluding hydrogens is 679 g/mol. The van der Waals surface area contributed by atoms with E-state index in [1.807, 2.05) is 0 Å². The minimum Gasteiger partial charge on any atom is -0.480 e. The Hall–Kier alpha value is -4.58. The van der Waals surface area contributed by atoms with Crippen LogP contribution in [0.3, 0.4) is 0 Å². The summed E-state index contributed by atoms with van der Waals surface area (Å²) in [6.45, 7) is 0.395. The maximum Gasteiger partial charge on any atom is 0.416 e. The second kappa shape index (κ2) is 19.7. The molecule has 0 aliphatic carbocycles. The maximum absolute atomic E-state index is 13.2. The first-order chi connectivity index (χ1) is 24.1. The zero-order valence-corrected chi connectivity index (χ0v) is 28.1. The van der Waals surface area contributed by atoms with Gasteiger partial charge < -0.3 is 25.7 Å². The lowest BCUT2D eigenvalue weighted by molar-refractivity contribution is -0.145. The van der Waals surface area contributed by atoms with Crippen LogP contribution in [0.4, 0.5) is 13.2 Å². The number of halogens is 3. The summed E-state index contributed by atoms with van der Waals surface area (Å²) in [5.41, 5.74) is 0.368. The van der Waals surface area contributed by atoms with E-state index >= 15 is 0 Å². The molecule has 2 aromatic carbocycles. The standard InChI is InChI=1S/C34H44F3N5O9/c35-34(36,37)26-7-3-5-24(20-26)19-25-6-1-2-8-27(25)32(49)38-10-4-9-28(33(50)51)42-17-15-40(22-30(45)46)13-11-39(21-29(43)44)12-14-41(16-18-42)23-31(47)48/h1-3,5-8,20,28H,4,9-19,21-23H2,(H,38,49)(H,43,44)(H,45,46)(H,47,48)(H,50,51). The summed E-state index contributed by atoms with van der Waals surface area (Å²) in [5, 5.41) is 41.2. The first-order valence-corrected chi connectivity index (χ1v) is 16.4. The zero-order valence-electron chi connectivity index (χ0n) is 28.1. The van der Waals surface area contributed by atoms with Gasteiger partial charge in [-0.05, 0) is 42.5 Å². The first kappa shape index (κ1) is 40.8. The predicted molar refractivity (Wildman–Crippen MR) is 177 cm³/mol. The molecule has 0 bridgehead atoms. The molecular formula is C34H44F3N5O9. The van der Waals surface area contributed by atoms with Crippen LogP contribution in [0.2, 0.25) is 0 Å². The highest BCUT2D eigenvalue weighted by Gasteiger charge is 2.31. The van der Waals surface area contributed by atoms with Crippen molar-refractivity contribution in [1.29, 1.82) is 0 Å². The van der Waals surface area contributed by atoms with Gasteiger partial charge in [-0.15, -0.1) is 0 Å². The highest BCUT2D eigenvalue weighted by atomic mass is 19.4. The molecule has 1 fully saturated rings. The zero-order chi connectivity index (χ0) is 37.6. The van der Waals surface area contributed by atoms with E-state index in [0.717, 1.165) is 12.1 Å². The van der Waals surface area contributed by atoms with Gasteiger partial charge in [0.1, 0.15) is 6.04 Å². The number of carbonyl (C=O) groups is 5. The molecule has 14 nitrogen and oxygen atoms in total. The van der Waals surface area contributed by atoms with Crippen LogP contribution >= 0.6 is 0 Å². The van der Waals surface area contributed by atoms with Gasteiger partial charge >= 0.3 is 30.1 Å². The number of amides is 1. The lowest BCUT2D eigenvalue weighted by atomic mass is 9.98. The van der Waals surface area contributed by atoms with Gasteiger partial charge in [-0.1, -0.05) is 36.4 Å². The van der Waals surface area contributed by atoms with Gasteiger partial charge in [-0.2, -0.15) is 13.2 Å². The van der Waals surface area contributed by atoms with Gasteiger partial charge in [0.2, 0.25) is 0 Å². The number of nitrogens with zero attached hydrogens (tertiary/aromatic N) is 4. The largest absolute Gasteiger partial charge is 0.480 e. The average molecular weight is 724 g/mol. The van der Waals surface area contributed by atoms with E-state index < -0.39 is 47.6 Å². The molecule has 1 heterocycles. The summed E-state index contributed by atoms with van der Waals surface area (Å²) in [6.07, 6.45) is -4.10. The predicted octanol–water partition coefficient (Wildman–Crippen LogP) is 1.73. The van der Waals surface area contributed by atoms with Crippen LogP contribution in [-0.4, -0.2) is 154 Å². The van der Waals surface area contributed by atoms with E-state index in [-0.39, 0.29) is 103 Å². The molecule has 1 aliphatic rings. The molecule has 1 aliphatic heterocycles. The van der Waals surface area contributed by atoms with Crippen molar-refractivity contribution >= 4 is 29.8 Å². The van der Waals surface area contributed by atoms with Crippen LogP contribution < -0.4 is 5.32 Å². The van der Waals surface area contributed by atoms with Crippen LogP contribution in [0.5, 0.6) is 0 Å². The van der Waals surface area contributed by atoms with E-state index in [2.05, 4.69) is 5.32 Å². The lowest BCUT2D eigenvalue weighted by Gasteiger charge is -2.35. The van der Waals surface area contributed by atoms with E-state index in [4.69, 9.17) is 0 Å². The molecule has 1 saturated heterocycles. The quantitative estimate of drug-likeness (QED) is 0.167. The average Bonchev–Trinajstić information content (AvgIpc) is 3.04. The number of rotatable bonds is 15. The van der Waals surface area contributed by atoms with E-state index in [9.17, 15) is 57.6 Å². The van der Waals surface area contributed by atoms with Crippen LogP contribution in [0, 0.1) is 0 Å². The summed E-state index contributed by atoms with van der Waals surface area (Å²) in [5.74, 6) is -4.91. The summed E-state index contributed by atoms with van der Waals surface area (Å²) in [6, 6.07) is 10.3. The van der Waals surface area contributed by atoms with Crippen molar-refractivity contribution in [3.05, 3.63) is 70.8 Å². The highest BCUT2D eigenvalue weighted by Crippen LogP contribution is 2.30. The summed E-state index contributed by atoms with van der Waals surface area (Å²) in [7, 11) is 0. The van der Waals surface area contributed by atoms with Crippen molar-refractivity contribution in [3.8, 4) is 0 Å². The van der Waals surface area contributed by atoms with Crippen LogP contribution in [-0.2, 0) is 31.8 Å². The smallest absolute Gasteiger partial charge is 0.416 e. The van der Waals surface area contributed by atoms with Crippen molar-refractivity contribution < 1.29 is 57.6 Å². The fourth-order valence-electron chi connectivity index (χ4n) is 5.94. The Labute approximate surface area is 293 Å². The third-order valence-corrected chi connectivity index (χ3v) is 8.52. The van der Waals surface area contributed by atoms with Gasteiger partial charge in [0.25, 0.3) is 5.91 Å². The summed E-state index contributed by atoms with van der Waals surface area (Å²) >= 11 is 0. The third-order valence-electron chi connectivity index (χ3n) is 8.52. The normalized spacial score (nSPS) is 16.8. The minimum atomic E-state index is -4.51. The number of alkyl halides is 3. The second-order valence-electron chi connectivity index (χ2n) is 12.3. The number of carboxylic acids is 4. The molecule has 51 heavy (non-hydrogen) atoms. The molecule has 5 N–H and O–H groups in total. The van der Waals surface area contributed by atoms with Crippen LogP contribution in [0.1, 0.15) is 39.9 Å². The first-order valence-electron chi connectivity index (χ1n) is 16.4. The van der Waals surface area contributed by atoms with Gasteiger partial charge in [0, 0.05) is 64.5 Å². The number of nitrogens with one attached hydrogen (secondary N) is 1. The third kappa shape index (κ3) is 14.3. The molecule has 280 valence electrons. The van der Waals surface area contributed by atoms with Gasteiger partial charge in [0.15, 0.2) is 0 Å². The lowest BCUT2D eigenvalue weighted by Crippen LogP contribution is -2.51. The van der Waals surface area contributed by atoms with E-state index in [1.54, 1.807) is 49.9 Å². The summed E-state index contributed by atoms with van der Waals surface area (Å²) < 4.78 is 39.7. The summed E-state index contributed by atoms with van der Waals surface area (Å²) in [4.78, 5) is 66.6. The van der Waals surface area contributed by atoms with Gasteiger partial charge in [0.05, 0.1) is 25.2 Å². The Morgan fingerprint density at radius 3 is 1.71 bits per heavy atom. The van der Waals surface area contributed by atoms with Crippen molar-refractivity contribution in [2.45, 2.75) is 31.5 Å². The topological polar surface area (TPSA) is 191 Å². The van der Waals surface area contributed by atoms with Crippen molar-refractivity contribution in [1.82, 2.24) is 24.9 Å². The van der Waals surface area contributed by atoms with E-state index in [0.29, 0.717) is 11.1 Å². The second-order valence-corrected chi connectivity index (χ2v) is 12.3. The fraction of sp³-hybridized carbons (Fsp3) is 0.500. The van der Waals surface area contributed by atoms with Crippen LogP contribution in [0.25, 0.3) is 0 Å².